The van der Waals surface area contributed by atoms with Gasteiger partial charge in [0.2, 0.25) is 0 Å². The lowest BCUT2D eigenvalue weighted by atomic mass is 10.2. The molecule has 2 heterocycles. The minimum absolute atomic E-state index is 0.192. The van der Waals surface area contributed by atoms with Gasteiger partial charge in [-0.3, -0.25) is 9.78 Å². The zero-order valence-electron chi connectivity index (χ0n) is 11.3. The van der Waals surface area contributed by atoms with Crippen molar-refractivity contribution in [3.8, 4) is 0 Å². The molecule has 0 bridgehead atoms. The van der Waals surface area contributed by atoms with E-state index < -0.39 is 11.9 Å². The van der Waals surface area contributed by atoms with Crippen LogP contribution in [-0.2, 0) is 4.74 Å². The number of hydrogen-bond donors (Lipinski definition) is 1. The van der Waals surface area contributed by atoms with Crippen LogP contribution in [0.5, 0.6) is 0 Å². The molecule has 0 saturated carbocycles. The molecule has 0 aliphatic heterocycles. The van der Waals surface area contributed by atoms with Crippen molar-refractivity contribution in [1.29, 1.82) is 0 Å². The summed E-state index contributed by atoms with van der Waals surface area (Å²) < 4.78 is 4.69. The van der Waals surface area contributed by atoms with E-state index in [0.29, 0.717) is 10.6 Å². The summed E-state index contributed by atoms with van der Waals surface area (Å²) in [5.41, 5.74) is 2.17. The van der Waals surface area contributed by atoms with Gasteiger partial charge < -0.3 is 10.1 Å². The smallest absolute Gasteiger partial charge is 0.350 e. The number of nitrogens with zero attached hydrogens (tertiary/aromatic N) is 2. The second-order valence-corrected chi connectivity index (χ2v) is 4.99. The summed E-state index contributed by atoms with van der Waals surface area (Å²) in [7, 11) is 1.30. The molecule has 6 nitrogen and oxygen atoms in total. The van der Waals surface area contributed by atoms with Crippen LogP contribution in [0.2, 0.25) is 0 Å². The number of aromatic nitrogens is 2. The number of nitrogens with one attached hydrogen (secondary N) is 1. The first-order valence-electron chi connectivity index (χ1n) is 5.79. The van der Waals surface area contributed by atoms with Crippen LogP contribution in [0, 0.1) is 13.8 Å². The second kappa shape index (κ2) is 5.79. The van der Waals surface area contributed by atoms with E-state index in [0.717, 1.165) is 11.3 Å². The summed E-state index contributed by atoms with van der Waals surface area (Å²) in [4.78, 5) is 32.1. The summed E-state index contributed by atoms with van der Waals surface area (Å²) >= 11 is 1.22. The molecule has 0 fully saturated rings. The second-order valence-electron chi connectivity index (χ2n) is 4.11. The van der Waals surface area contributed by atoms with Gasteiger partial charge in [-0.1, -0.05) is 0 Å². The van der Waals surface area contributed by atoms with Crippen LogP contribution >= 0.6 is 11.3 Å². The molecular formula is C13H13N3O3S. The molecule has 20 heavy (non-hydrogen) atoms. The van der Waals surface area contributed by atoms with E-state index in [-0.39, 0.29) is 5.69 Å². The number of amides is 1. The van der Waals surface area contributed by atoms with Crippen LogP contribution in [0.3, 0.4) is 0 Å². The van der Waals surface area contributed by atoms with Gasteiger partial charge in [-0.25, -0.2) is 9.78 Å². The SMILES string of the molecule is COC(=O)c1scc(C)c1NC(=O)c1cnc(C)cn1. The van der Waals surface area contributed by atoms with E-state index in [2.05, 4.69) is 20.0 Å². The number of thiophene rings is 1. The third kappa shape index (κ3) is 2.83. The molecule has 0 unspecified atom stereocenters. The number of hydrogen-bond acceptors (Lipinski definition) is 6. The molecule has 7 heteroatoms. The Bertz CT molecular complexity index is 649. The van der Waals surface area contributed by atoms with E-state index in [4.69, 9.17) is 0 Å². The van der Waals surface area contributed by atoms with Gasteiger partial charge in [0.05, 0.1) is 24.7 Å². The Kier molecular flexibility index (Phi) is 4.09. The molecule has 0 saturated heterocycles. The third-order valence-corrected chi connectivity index (χ3v) is 3.68. The maximum atomic E-state index is 12.1. The monoisotopic (exact) mass is 291 g/mol. The van der Waals surface area contributed by atoms with E-state index in [1.807, 2.05) is 0 Å². The molecule has 0 radical (unpaired) electrons. The number of esters is 1. The van der Waals surface area contributed by atoms with Gasteiger partial charge in [-0.05, 0) is 24.8 Å². The molecule has 1 amide bonds. The molecule has 0 aliphatic carbocycles. The first-order valence-corrected chi connectivity index (χ1v) is 6.67. The number of methoxy groups -OCH3 is 1. The predicted molar refractivity (Wildman–Crippen MR) is 75.1 cm³/mol. The van der Waals surface area contributed by atoms with Crippen molar-refractivity contribution >= 4 is 28.9 Å². The molecule has 104 valence electrons. The van der Waals surface area contributed by atoms with E-state index in [1.54, 1.807) is 19.2 Å². The van der Waals surface area contributed by atoms with Crippen LogP contribution in [0.4, 0.5) is 5.69 Å². The number of anilines is 1. The van der Waals surface area contributed by atoms with Gasteiger partial charge in [0, 0.05) is 6.20 Å². The fourth-order valence-corrected chi connectivity index (χ4v) is 2.45. The lowest BCUT2D eigenvalue weighted by molar-refractivity contribution is 0.0607. The number of carbonyl (C=O) groups is 2. The lowest BCUT2D eigenvalue weighted by Crippen LogP contribution is -2.16. The zero-order valence-corrected chi connectivity index (χ0v) is 12.1. The molecule has 2 aromatic rings. The quantitative estimate of drug-likeness (QED) is 0.877. The van der Waals surface area contributed by atoms with Crippen molar-refractivity contribution in [2.75, 3.05) is 12.4 Å². The van der Waals surface area contributed by atoms with Crippen molar-refractivity contribution in [2.45, 2.75) is 13.8 Å². The predicted octanol–water partition coefficient (Wildman–Crippen LogP) is 2.19. The summed E-state index contributed by atoms with van der Waals surface area (Å²) in [5.74, 6) is -0.891. The fourth-order valence-electron chi connectivity index (χ4n) is 1.53. The summed E-state index contributed by atoms with van der Waals surface area (Å²) in [6, 6.07) is 0. The van der Waals surface area contributed by atoms with Crippen molar-refractivity contribution < 1.29 is 14.3 Å². The van der Waals surface area contributed by atoms with Crippen LogP contribution in [0.25, 0.3) is 0 Å². The molecule has 0 aliphatic rings. The average Bonchev–Trinajstić information content (AvgIpc) is 2.80. The van der Waals surface area contributed by atoms with Gasteiger partial charge in [0.1, 0.15) is 10.6 Å². The van der Waals surface area contributed by atoms with Crippen LogP contribution in [-0.4, -0.2) is 29.0 Å². The average molecular weight is 291 g/mol. The Hall–Kier alpha value is -2.28. The maximum Gasteiger partial charge on any atom is 0.350 e. The lowest BCUT2D eigenvalue weighted by Gasteiger charge is -2.06. The molecule has 2 rings (SSSR count). The Morgan fingerprint density at radius 3 is 2.60 bits per heavy atom. The van der Waals surface area contributed by atoms with E-state index >= 15 is 0 Å². The van der Waals surface area contributed by atoms with Gasteiger partial charge in [-0.15, -0.1) is 11.3 Å². The first-order chi connectivity index (χ1) is 9.52. The highest BCUT2D eigenvalue weighted by molar-refractivity contribution is 7.12. The van der Waals surface area contributed by atoms with Crippen molar-refractivity contribution in [1.82, 2.24) is 9.97 Å². The standard InChI is InChI=1S/C13H13N3O3S/c1-7-6-20-11(13(18)19-3)10(7)16-12(17)9-5-14-8(2)4-15-9/h4-6H,1-3H3,(H,16,17). The summed E-state index contributed by atoms with van der Waals surface area (Å²) in [5, 5.41) is 4.46. The van der Waals surface area contributed by atoms with Gasteiger partial charge in [0.25, 0.3) is 5.91 Å². The maximum absolute atomic E-state index is 12.1. The summed E-state index contributed by atoms with van der Waals surface area (Å²) in [6.45, 7) is 3.59. The highest BCUT2D eigenvalue weighted by Crippen LogP contribution is 2.28. The van der Waals surface area contributed by atoms with Crippen LogP contribution < -0.4 is 5.32 Å². The van der Waals surface area contributed by atoms with E-state index in [9.17, 15) is 9.59 Å². The molecule has 0 spiro atoms. The van der Waals surface area contributed by atoms with E-state index in [1.165, 1.54) is 30.8 Å². The molecular weight excluding hydrogens is 278 g/mol. The van der Waals surface area contributed by atoms with Gasteiger partial charge in [-0.2, -0.15) is 0 Å². The minimum atomic E-state index is -0.478. The zero-order chi connectivity index (χ0) is 14.7. The molecule has 2 aromatic heterocycles. The van der Waals surface area contributed by atoms with Crippen molar-refractivity contribution in [3.63, 3.8) is 0 Å². The number of ether oxygens (including phenoxy) is 1. The fraction of sp³-hybridized carbons (Fsp3) is 0.231. The van der Waals surface area contributed by atoms with Crippen LogP contribution in [0.15, 0.2) is 17.8 Å². The Balaban J connectivity index is 2.26. The molecule has 0 aromatic carbocycles. The van der Waals surface area contributed by atoms with Crippen molar-refractivity contribution in [2.24, 2.45) is 0 Å². The number of rotatable bonds is 3. The highest BCUT2D eigenvalue weighted by atomic mass is 32.1. The van der Waals surface area contributed by atoms with Gasteiger partial charge >= 0.3 is 5.97 Å². The third-order valence-electron chi connectivity index (χ3n) is 2.60. The molecule has 0 atom stereocenters. The Morgan fingerprint density at radius 1 is 1.25 bits per heavy atom. The molecule has 1 N–H and O–H groups in total. The highest BCUT2D eigenvalue weighted by Gasteiger charge is 2.19. The Labute approximate surface area is 119 Å². The largest absolute Gasteiger partial charge is 0.465 e. The number of aryl methyl sites for hydroxylation is 2. The summed E-state index contributed by atoms with van der Waals surface area (Å²) in [6.07, 6.45) is 2.90. The number of carbonyl (C=O) groups excluding carboxylic acids is 2. The van der Waals surface area contributed by atoms with Gasteiger partial charge in [0.15, 0.2) is 0 Å². The topological polar surface area (TPSA) is 81.2 Å². The van der Waals surface area contributed by atoms with Crippen LogP contribution in [0.1, 0.15) is 31.4 Å². The minimum Gasteiger partial charge on any atom is -0.465 e. The van der Waals surface area contributed by atoms with Crippen molar-refractivity contribution in [3.05, 3.63) is 39.6 Å². The Morgan fingerprint density at radius 2 is 2.00 bits per heavy atom. The first kappa shape index (κ1) is 14.1. The normalized spacial score (nSPS) is 10.2.